The maximum Gasteiger partial charge on any atom is 0.420 e. The van der Waals surface area contributed by atoms with Crippen molar-refractivity contribution >= 4 is 11.6 Å². The van der Waals surface area contributed by atoms with Gasteiger partial charge in [0.1, 0.15) is 10.7 Å². The zero-order valence-corrected chi connectivity index (χ0v) is 6.12. The molecule has 0 saturated heterocycles. The van der Waals surface area contributed by atoms with Gasteiger partial charge in [-0.25, -0.2) is 4.98 Å². The summed E-state index contributed by atoms with van der Waals surface area (Å²) in [6, 6.07) is 0. The van der Waals surface area contributed by atoms with Gasteiger partial charge in [0.15, 0.2) is 0 Å². The highest BCUT2D eigenvalue weighted by atomic mass is 35.5. The average Bonchev–Trinajstić information content (AvgIpc) is 1.83. The molecule has 0 aliphatic heterocycles. The van der Waals surface area contributed by atoms with Gasteiger partial charge >= 0.3 is 12.3 Å². The van der Waals surface area contributed by atoms with E-state index < -0.39 is 23.0 Å². The highest BCUT2D eigenvalue weighted by molar-refractivity contribution is 6.30. The van der Waals surface area contributed by atoms with Gasteiger partial charge in [0, 0.05) is 6.20 Å². The van der Waals surface area contributed by atoms with Crippen LogP contribution in [0.15, 0.2) is 6.20 Å². The van der Waals surface area contributed by atoms with Crippen molar-refractivity contribution in [3.8, 4) is 0 Å². The minimum absolute atomic E-state index is 0.296. The Morgan fingerprint density at radius 2 is 1.92 bits per heavy atom. The van der Waals surface area contributed by atoms with Gasteiger partial charge in [0.25, 0.3) is 0 Å². The minimum atomic E-state index is -4.65. The molecular formula is C5HClF4N2. The smallest absolute Gasteiger partial charge is 0.210 e. The molecule has 2 nitrogen and oxygen atoms in total. The number of rotatable bonds is 0. The Bertz CT molecular complexity index is 298. The first-order valence-electron chi connectivity index (χ1n) is 2.66. The third-order valence-electron chi connectivity index (χ3n) is 1.02. The lowest BCUT2D eigenvalue weighted by molar-refractivity contribution is -0.138. The van der Waals surface area contributed by atoms with Crippen molar-refractivity contribution in [3.05, 3.63) is 23.0 Å². The van der Waals surface area contributed by atoms with Crippen molar-refractivity contribution in [2.45, 2.75) is 6.18 Å². The predicted octanol–water partition coefficient (Wildman–Crippen LogP) is 2.29. The summed E-state index contributed by atoms with van der Waals surface area (Å²) in [6.07, 6.45) is -5.64. The lowest BCUT2D eigenvalue weighted by Gasteiger charge is -2.05. The zero-order chi connectivity index (χ0) is 9.35. The first-order chi connectivity index (χ1) is 5.41. The molecule has 0 N–H and O–H groups in total. The van der Waals surface area contributed by atoms with Crippen LogP contribution in [-0.2, 0) is 6.18 Å². The third-order valence-corrected chi connectivity index (χ3v) is 1.31. The van der Waals surface area contributed by atoms with Crippen molar-refractivity contribution in [1.29, 1.82) is 0 Å². The number of hydrogen-bond acceptors (Lipinski definition) is 2. The van der Waals surface area contributed by atoms with Crippen LogP contribution in [0.4, 0.5) is 17.6 Å². The molecule has 0 fully saturated rings. The number of nitrogens with zero attached hydrogens (tertiary/aromatic N) is 2. The van der Waals surface area contributed by atoms with Gasteiger partial charge in [-0.1, -0.05) is 11.6 Å². The molecular weight excluding hydrogens is 200 g/mol. The van der Waals surface area contributed by atoms with Crippen LogP contribution < -0.4 is 0 Å². The topological polar surface area (TPSA) is 25.8 Å². The molecule has 1 heterocycles. The van der Waals surface area contributed by atoms with E-state index in [1.807, 2.05) is 0 Å². The molecule has 0 aromatic carbocycles. The molecule has 1 aromatic heterocycles. The Hall–Kier alpha value is -0.910. The van der Waals surface area contributed by atoms with E-state index in [1.165, 1.54) is 0 Å². The van der Waals surface area contributed by atoms with Crippen LogP contribution in [0.2, 0.25) is 5.15 Å². The molecule has 0 radical (unpaired) electrons. The zero-order valence-electron chi connectivity index (χ0n) is 5.36. The van der Waals surface area contributed by atoms with Crippen LogP contribution in [0.5, 0.6) is 0 Å². The minimum Gasteiger partial charge on any atom is -0.210 e. The fourth-order valence-corrected chi connectivity index (χ4v) is 0.757. The summed E-state index contributed by atoms with van der Waals surface area (Å²) in [5.41, 5.74) is -1.24. The normalized spacial score (nSPS) is 11.8. The molecule has 0 spiro atoms. The summed E-state index contributed by atoms with van der Waals surface area (Å²) in [7, 11) is 0. The van der Waals surface area contributed by atoms with Crippen molar-refractivity contribution < 1.29 is 17.6 Å². The SMILES string of the molecule is Fc1ncc(C(F)(F)F)c(Cl)n1. The van der Waals surface area contributed by atoms with Gasteiger partial charge in [-0.2, -0.15) is 22.5 Å². The van der Waals surface area contributed by atoms with Crippen LogP contribution in [-0.4, -0.2) is 9.97 Å². The summed E-state index contributed by atoms with van der Waals surface area (Å²) in [5, 5.41) is -0.935. The molecule has 0 amide bonds. The quantitative estimate of drug-likeness (QED) is 0.365. The number of hydrogen-bond donors (Lipinski definition) is 0. The molecule has 12 heavy (non-hydrogen) atoms. The monoisotopic (exact) mass is 200 g/mol. The van der Waals surface area contributed by atoms with Gasteiger partial charge in [0.2, 0.25) is 0 Å². The van der Waals surface area contributed by atoms with Crippen molar-refractivity contribution in [1.82, 2.24) is 9.97 Å². The molecule has 66 valence electrons. The van der Waals surface area contributed by atoms with Crippen LogP contribution in [0.3, 0.4) is 0 Å². The highest BCUT2D eigenvalue weighted by Crippen LogP contribution is 2.32. The third kappa shape index (κ3) is 1.82. The van der Waals surface area contributed by atoms with Gasteiger partial charge in [-0.3, -0.25) is 0 Å². The molecule has 1 rings (SSSR count). The fraction of sp³-hybridized carbons (Fsp3) is 0.200. The first kappa shape index (κ1) is 9.18. The first-order valence-corrected chi connectivity index (χ1v) is 3.04. The number of alkyl halides is 3. The standard InChI is InChI=1S/C5HClF4N2/c6-3-2(5(8,9)10)1-11-4(7)12-3/h1H. The van der Waals surface area contributed by atoms with Gasteiger partial charge in [0.05, 0.1) is 0 Å². The van der Waals surface area contributed by atoms with E-state index in [0.717, 1.165) is 0 Å². The Morgan fingerprint density at radius 3 is 2.33 bits per heavy atom. The second-order valence-electron chi connectivity index (χ2n) is 1.84. The van der Waals surface area contributed by atoms with Crippen molar-refractivity contribution in [2.75, 3.05) is 0 Å². The largest absolute Gasteiger partial charge is 0.420 e. The Labute approximate surface area is 69.2 Å². The Morgan fingerprint density at radius 1 is 1.33 bits per heavy atom. The lowest BCUT2D eigenvalue weighted by atomic mass is 10.3. The van der Waals surface area contributed by atoms with E-state index >= 15 is 0 Å². The Kier molecular flexibility index (Phi) is 2.18. The molecule has 0 aliphatic carbocycles. The Balaban J connectivity index is 3.19. The van der Waals surface area contributed by atoms with E-state index in [9.17, 15) is 17.6 Å². The van der Waals surface area contributed by atoms with Gasteiger partial charge in [-0.15, -0.1) is 0 Å². The summed E-state index contributed by atoms with van der Waals surface area (Å²) >= 11 is 5.00. The summed E-state index contributed by atoms with van der Waals surface area (Å²) in [4.78, 5) is 5.43. The van der Waals surface area contributed by atoms with Crippen LogP contribution in [0.1, 0.15) is 5.56 Å². The molecule has 7 heteroatoms. The van der Waals surface area contributed by atoms with E-state index in [2.05, 4.69) is 9.97 Å². The lowest BCUT2D eigenvalue weighted by Crippen LogP contribution is -2.08. The van der Waals surface area contributed by atoms with Gasteiger partial charge < -0.3 is 0 Å². The van der Waals surface area contributed by atoms with Crippen molar-refractivity contribution in [2.24, 2.45) is 0 Å². The summed E-state index contributed by atoms with van der Waals surface area (Å²) < 4.78 is 47.7. The maximum atomic E-state index is 12.1. The van der Waals surface area contributed by atoms with E-state index in [-0.39, 0.29) is 0 Å². The van der Waals surface area contributed by atoms with E-state index in [4.69, 9.17) is 11.6 Å². The molecule has 0 atom stereocenters. The summed E-state index contributed by atoms with van der Waals surface area (Å²) in [6.45, 7) is 0. The second kappa shape index (κ2) is 2.85. The predicted molar refractivity (Wildman–Crippen MR) is 32.0 cm³/mol. The van der Waals surface area contributed by atoms with Crippen LogP contribution >= 0.6 is 11.6 Å². The molecule has 1 aromatic rings. The highest BCUT2D eigenvalue weighted by Gasteiger charge is 2.34. The van der Waals surface area contributed by atoms with Gasteiger partial charge in [-0.05, 0) is 0 Å². The van der Waals surface area contributed by atoms with Crippen LogP contribution in [0, 0.1) is 6.08 Å². The second-order valence-corrected chi connectivity index (χ2v) is 2.20. The van der Waals surface area contributed by atoms with Crippen LogP contribution in [0.25, 0.3) is 0 Å². The molecule has 0 unspecified atom stereocenters. The van der Waals surface area contributed by atoms with E-state index in [1.54, 1.807) is 0 Å². The summed E-state index contributed by atoms with van der Waals surface area (Å²) in [5.74, 6) is 0. The molecule has 0 bridgehead atoms. The maximum absolute atomic E-state index is 12.1. The number of aromatic nitrogens is 2. The average molecular weight is 201 g/mol. The van der Waals surface area contributed by atoms with Crippen molar-refractivity contribution in [3.63, 3.8) is 0 Å². The fourth-order valence-electron chi connectivity index (χ4n) is 0.531. The molecule has 0 saturated carbocycles. The molecule has 0 aliphatic rings. The van der Waals surface area contributed by atoms with E-state index in [0.29, 0.717) is 6.20 Å². The number of halogens is 5.